The number of rotatable bonds is 7. The second-order valence-electron chi connectivity index (χ2n) is 6.35. The van der Waals surface area contributed by atoms with Crippen LogP contribution in [0.25, 0.3) is 0 Å². The first-order chi connectivity index (χ1) is 9.36. The summed E-state index contributed by atoms with van der Waals surface area (Å²) in [5.74, 6) is 2.01. The van der Waals surface area contributed by atoms with E-state index in [2.05, 4.69) is 46.0 Å². The van der Waals surface area contributed by atoms with Crippen molar-refractivity contribution in [3.8, 4) is 0 Å². The molecular weight excluding hydrogens is 268 g/mol. The lowest BCUT2D eigenvalue weighted by molar-refractivity contribution is 0.266. The van der Waals surface area contributed by atoms with Crippen molar-refractivity contribution in [3.63, 3.8) is 0 Å². The Balaban J connectivity index is 2.76. The number of hydrogen-bond donors (Lipinski definition) is 2. The predicted octanol–water partition coefficient (Wildman–Crippen LogP) is 4.17. The lowest BCUT2D eigenvalue weighted by Gasteiger charge is -2.28. The van der Waals surface area contributed by atoms with Gasteiger partial charge in [-0.3, -0.25) is 0 Å². The Kier molecular flexibility index (Phi) is 7.01. The van der Waals surface area contributed by atoms with Gasteiger partial charge in [-0.2, -0.15) is 0 Å². The van der Waals surface area contributed by atoms with Crippen LogP contribution in [0, 0.1) is 24.7 Å². The number of halogens is 1. The van der Waals surface area contributed by atoms with Crippen LogP contribution >= 0.6 is 11.6 Å². The fourth-order valence-electron chi connectivity index (χ4n) is 2.87. The minimum absolute atomic E-state index is 0.201. The molecule has 0 aliphatic carbocycles. The largest absolute Gasteiger partial charge is 0.329 e. The van der Waals surface area contributed by atoms with Gasteiger partial charge >= 0.3 is 0 Å². The first-order valence-electron chi connectivity index (χ1n) is 7.56. The van der Waals surface area contributed by atoms with Crippen molar-refractivity contribution in [1.82, 2.24) is 5.32 Å². The standard InChI is InChI=1S/C17H29ClN2/c1-11(2)16(12(3)4)10-20-17(9-19)15-7-6-14(18)8-13(15)5/h6-8,11-12,16-17,20H,9-10,19H2,1-5H3. The second kappa shape index (κ2) is 8.02. The van der Waals surface area contributed by atoms with Crippen LogP contribution in [0.15, 0.2) is 18.2 Å². The third-order valence-corrected chi connectivity index (χ3v) is 4.39. The average molecular weight is 297 g/mol. The smallest absolute Gasteiger partial charge is 0.0447 e. The van der Waals surface area contributed by atoms with E-state index in [1.54, 1.807) is 0 Å². The molecule has 0 saturated heterocycles. The third kappa shape index (κ3) is 4.76. The van der Waals surface area contributed by atoms with Crippen LogP contribution in [0.2, 0.25) is 5.02 Å². The molecule has 0 fully saturated rings. The molecule has 1 aromatic rings. The zero-order valence-electron chi connectivity index (χ0n) is 13.4. The van der Waals surface area contributed by atoms with Crippen LogP contribution in [0.5, 0.6) is 0 Å². The van der Waals surface area contributed by atoms with Gasteiger partial charge in [-0.15, -0.1) is 0 Å². The molecule has 0 saturated carbocycles. The normalized spacial score (nSPS) is 13.5. The van der Waals surface area contributed by atoms with E-state index in [0.29, 0.717) is 24.3 Å². The number of aryl methyl sites for hydroxylation is 1. The maximum Gasteiger partial charge on any atom is 0.0447 e. The maximum absolute atomic E-state index is 6.02. The number of nitrogens with one attached hydrogen (secondary N) is 1. The summed E-state index contributed by atoms with van der Waals surface area (Å²) < 4.78 is 0. The van der Waals surface area contributed by atoms with Crippen molar-refractivity contribution >= 4 is 11.6 Å². The summed E-state index contributed by atoms with van der Waals surface area (Å²) >= 11 is 6.02. The molecule has 0 radical (unpaired) electrons. The molecule has 2 nitrogen and oxygen atoms in total. The fraction of sp³-hybridized carbons (Fsp3) is 0.647. The summed E-state index contributed by atoms with van der Waals surface area (Å²) in [4.78, 5) is 0. The van der Waals surface area contributed by atoms with Crippen LogP contribution in [-0.2, 0) is 0 Å². The Morgan fingerprint density at radius 1 is 1.15 bits per heavy atom. The van der Waals surface area contributed by atoms with E-state index in [9.17, 15) is 0 Å². The Bertz CT molecular complexity index is 407. The molecule has 20 heavy (non-hydrogen) atoms. The highest BCUT2D eigenvalue weighted by atomic mass is 35.5. The van der Waals surface area contributed by atoms with Crippen LogP contribution in [0.3, 0.4) is 0 Å². The Labute approximate surface area is 129 Å². The van der Waals surface area contributed by atoms with Gasteiger partial charge in [-0.1, -0.05) is 45.4 Å². The van der Waals surface area contributed by atoms with Crippen molar-refractivity contribution in [2.75, 3.05) is 13.1 Å². The van der Waals surface area contributed by atoms with Crippen LogP contribution in [0.4, 0.5) is 0 Å². The molecule has 0 aliphatic rings. The van der Waals surface area contributed by atoms with Crippen molar-refractivity contribution < 1.29 is 0 Å². The van der Waals surface area contributed by atoms with Crippen molar-refractivity contribution in [1.29, 1.82) is 0 Å². The molecule has 1 rings (SSSR count). The van der Waals surface area contributed by atoms with Crippen LogP contribution < -0.4 is 11.1 Å². The molecule has 0 amide bonds. The van der Waals surface area contributed by atoms with Gasteiger partial charge in [0.05, 0.1) is 0 Å². The molecule has 0 bridgehead atoms. The molecule has 0 aromatic heterocycles. The summed E-state index contributed by atoms with van der Waals surface area (Å²) in [6.45, 7) is 12.8. The first-order valence-corrected chi connectivity index (χ1v) is 7.94. The molecule has 0 spiro atoms. The van der Waals surface area contributed by atoms with Crippen molar-refractivity contribution in [3.05, 3.63) is 34.3 Å². The van der Waals surface area contributed by atoms with Gasteiger partial charge in [0.25, 0.3) is 0 Å². The average Bonchev–Trinajstić information content (AvgIpc) is 2.34. The molecule has 1 atom stereocenters. The number of hydrogen-bond acceptors (Lipinski definition) is 2. The third-order valence-electron chi connectivity index (χ3n) is 4.16. The van der Waals surface area contributed by atoms with Gasteiger partial charge in [0, 0.05) is 17.6 Å². The zero-order valence-corrected chi connectivity index (χ0v) is 14.2. The highest BCUT2D eigenvalue weighted by molar-refractivity contribution is 6.30. The van der Waals surface area contributed by atoms with Gasteiger partial charge in [-0.25, -0.2) is 0 Å². The monoisotopic (exact) mass is 296 g/mol. The van der Waals surface area contributed by atoms with Gasteiger partial charge < -0.3 is 11.1 Å². The van der Waals surface area contributed by atoms with E-state index < -0.39 is 0 Å². The summed E-state index contributed by atoms with van der Waals surface area (Å²) in [6, 6.07) is 6.23. The van der Waals surface area contributed by atoms with Crippen molar-refractivity contribution in [2.45, 2.75) is 40.7 Å². The Hall–Kier alpha value is -0.570. The molecule has 1 unspecified atom stereocenters. The fourth-order valence-corrected chi connectivity index (χ4v) is 3.10. The molecule has 3 N–H and O–H groups in total. The highest BCUT2D eigenvalue weighted by Gasteiger charge is 2.20. The van der Waals surface area contributed by atoms with E-state index in [-0.39, 0.29) is 6.04 Å². The Morgan fingerprint density at radius 2 is 1.75 bits per heavy atom. The Morgan fingerprint density at radius 3 is 2.20 bits per heavy atom. The summed E-state index contributed by atoms with van der Waals surface area (Å²) in [5.41, 5.74) is 8.41. The van der Waals surface area contributed by atoms with Crippen molar-refractivity contribution in [2.24, 2.45) is 23.5 Å². The SMILES string of the molecule is Cc1cc(Cl)ccc1C(CN)NCC(C(C)C)C(C)C. The van der Waals surface area contributed by atoms with E-state index >= 15 is 0 Å². The summed E-state index contributed by atoms with van der Waals surface area (Å²) in [5, 5.41) is 4.42. The number of nitrogens with two attached hydrogens (primary N) is 1. The molecule has 0 heterocycles. The van der Waals surface area contributed by atoms with Gasteiger partial charge in [0.15, 0.2) is 0 Å². The molecule has 1 aromatic carbocycles. The summed E-state index contributed by atoms with van der Waals surface area (Å²) in [7, 11) is 0. The summed E-state index contributed by atoms with van der Waals surface area (Å²) in [6.07, 6.45) is 0. The quantitative estimate of drug-likeness (QED) is 0.792. The van der Waals surface area contributed by atoms with Crippen LogP contribution in [0.1, 0.15) is 44.9 Å². The molecular formula is C17H29ClN2. The minimum atomic E-state index is 0.201. The molecule has 114 valence electrons. The predicted molar refractivity (Wildman–Crippen MR) is 89.2 cm³/mol. The maximum atomic E-state index is 6.02. The van der Waals surface area contributed by atoms with Crippen LogP contribution in [-0.4, -0.2) is 13.1 Å². The lowest BCUT2D eigenvalue weighted by Crippen LogP contribution is -2.36. The number of benzene rings is 1. The minimum Gasteiger partial charge on any atom is -0.329 e. The second-order valence-corrected chi connectivity index (χ2v) is 6.79. The van der Waals surface area contributed by atoms with E-state index in [1.807, 2.05) is 12.1 Å². The van der Waals surface area contributed by atoms with Gasteiger partial charge in [-0.05, 0) is 54.5 Å². The molecule has 3 heteroatoms. The van der Waals surface area contributed by atoms with Gasteiger partial charge in [0.1, 0.15) is 0 Å². The first kappa shape index (κ1) is 17.5. The topological polar surface area (TPSA) is 38.0 Å². The van der Waals surface area contributed by atoms with E-state index in [1.165, 1.54) is 11.1 Å². The molecule has 0 aliphatic heterocycles. The zero-order chi connectivity index (χ0) is 15.3. The highest BCUT2D eigenvalue weighted by Crippen LogP contribution is 2.23. The van der Waals surface area contributed by atoms with E-state index in [4.69, 9.17) is 17.3 Å². The lowest BCUT2D eigenvalue weighted by atomic mass is 9.85. The van der Waals surface area contributed by atoms with Gasteiger partial charge in [0.2, 0.25) is 0 Å². The van der Waals surface area contributed by atoms with E-state index in [0.717, 1.165) is 11.6 Å².